The Hall–Kier alpha value is 0.390. The van der Waals surface area contributed by atoms with Gasteiger partial charge in [-0.2, -0.15) is 13.2 Å². The minimum absolute atomic E-state index is 0. The van der Waals surface area contributed by atoms with Crippen LogP contribution in [-0.2, 0) is 0 Å². The summed E-state index contributed by atoms with van der Waals surface area (Å²) in [5, 5.41) is 0. The Kier molecular flexibility index (Phi) is 6.63. The largest absolute Gasteiger partial charge is 0.441 e. The summed E-state index contributed by atoms with van der Waals surface area (Å²) in [6, 6.07) is -0.392. The summed E-state index contributed by atoms with van der Waals surface area (Å²) in [6.07, 6.45) is 0. The normalized spacial score (nSPS) is 14.1. The van der Waals surface area contributed by atoms with Crippen LogP contribution in [0.2, 0.25) is 0 Å². The van der Waals surface area contributed by atoms with E-state index in [0.717, 1.165) is 0 Å². The minimum Gasteiger partial charge on any atom is -0.327 e. The smallest absolute Gasteiger partial charge is 0.327 e. The Labute approximate surface area is 67.9 Å². The van der Waals surface area contributed by atoms with Crippen molar-refractivity contribution >= 4 is 24.2 Å². The van der Waals surface area contributed by atoms with Crippen LogP contribution >= 0.6 is 24.2 Å². The van der Waals surface area contributed by atoms with Gasteiger partial charge in [0.15, 0.2) is 0 Å². The van der Waals surface area contributed by atoms with E-state index in [2.05, 4.69) is 0 Å². The van der Waals surface area contributed by atoms with E-state index in [1.165, 1.54) is 0 Å². The lowest BCUT2D eigenvalue weighted by molar-refractivity contribution is -0.0328. The summed E-state index contributed by atoms with van der Waals surface area (Å²) in [7, 11) is 0. The summed E-state index contributed by atoms with van der Waals surface area (Å²) in [5.74, 6) is -0.0660. The monoisotopic (exact) mass is 195 g/mol. The SMILES string of the molecule is C[C@H](N)CSC(F)(F)F.Cl. The third kappa shape index (κ3) is 11.2. The van der Waals surface area contributed by atoms with Crippen molar-refractivity contribution in [3.8, 4) is 0 Å². The third-order valence-electron chi connectivity index (χ3n) is 0.510. The van der Waals surface area contributed by atoms with Gasteiger partial charge in [0.1, 0.15) is 0 Å². The predicted octanol–water partition coefficient (Wildman–Crippen LogP) is 2.01. The Morgan fingerprint density at radius 3 is 2.00 bits per heavy atom. The van der Waals surface area contributed by atoms with Crippen LogP contribution in [0.1, 0.15) is 6.92 Å². The fourth-order valence-corrected chi connectivity index (χ4v) is 0.678. The van der Waals surface area contributed by atoms with Gasteiger partial charge in [-0.3, -0.25) is 0 Å². The molecule has 0 aromatic heterocycles. The van der Waals surface area contributed by atoms with Crippen molar-refractivity contribution in [3.63, 3.8) is 0 Å². The van der Waals surface area contributed by atoms with Gasteiger partial charge in [-0.1, -0.05) is 0 Å². The lowest BCUT2D eigenvalue weighted by Crippen LogP contribution is -2.20. The number of thioether (sulfide) groups is 1. The molecule has 1 atom stereocenters. The summed E-state index contributed by atoms with van der Waals surface area (Å²) in [6.45, 7) is 1.54. The molecule has 0 aromatic rings. The van der Waals surface area contributed by atoms with Crippen molar-refractivity contribution in [2.75, 3.05) is 5.75 Å². The maximum Gasteiger partial charge on any atom is 0.441 e. The van der Waals surface area contributed by atoms with Crippen LogP contribution in [0.25, 0.3) is 0 Å². The molecular weight excluding hydrogens is 187 g/mol. The number of alkyl halides is 3. The van der Waals surface area contributed by atoms with Crippen molar-refractivity contribution < 1.29 is 13.2 Å². The molecule has 0 unspecified atom stereocenters. The maximum absolute atomic E-state index is 11.3. The van der Waals surface area contributed by atoms with Crippen LogP contribution in [0.3, 0.4) is 0 Å². The van der Waals surface area contributed by atoms with Crippen molar-refractivity contribution in [3.05, 3.63) is 0 Å². The fraction of sp³-hybridized carbons (Fsp3) is 1.00. The molecule has 6 heteroatoms. The highest BCUT2D eigenvalue weighted by Crippen LogP contribution is 2.29. The van der Waals surface area contributed by atoms with Gasteiger partial charge < -0.3 is 5.73 Å². The number of nitrogens with two attached hydrogens (primary N) is 1. The topological polar surface area (TPSA) is 26.0 Å². The maximum atomic E-state index is 11.3. The van der Waals surface area contributed by atoms with Crippen molar-refractivity contribution in [1.82, 2.24) is 0 Å². The van der Waals surface area contributed by atoms with Gasteiger partial charge in [-0.05, 0) is 18.7 Å². The number of hydrogen-bond donors (Lipinski definition) is 1. The molecule has 0 aromatic carbocycles. The zero-order valence-electron chi connectivity index (χ0n) is 5.31. The average molecular weight is 196 g/mol. The molecule has 0 aliphatic carbocycles. The lowest BCUT2D eigenvalue weighted by Gasteiger charge is -2.06. The Morgan fingerprint density at radius 1 is 1.50 bits per heavy atom. The standard InChI is InChI=1S/C4H8F3NS.ClH/c1-3(8)2-9-4(5,6)7;/h3H,2,8H2,1H3;1H/t3-;/m0./s1. The van der Waals surface area contributed by atoms with Crippen LogP contribution < -0.4 is 5.73 Å². The molecule has 0 saturated heterocycles. The molecule has 0 saturated carbocycles. The second-order valence-corrected chi connectivity index (χ2v) is 2.82. The number of halogens is 4. The van der Waals surface area contributed by atoms with E-state index in [0.29, 0.717) is 0 Å². The first-order chi connectivity index (χ1) is 3.92. The van der Waals surface area contributed by atoms with E-state index in [1.807, 2.05) is 0 Å². The van der Waals surface area contributed by atoms with Gasteiger partial charge in [0, 0.05) is 11.8 Å². The second-order valence-electron chi connectivity index (χ2n) is 1.73. The van der Waals surface area contributed by atoms with E-state index in [1.54, 1.807) is 6.92 Å². The van der Waals surface area contributed by atoms with E-state index < -0.39 is 11.6 Å². The van der Waals surface area contributed by atoms with Crippen LogP contribution in [-0.4, -0.2) is 17.3 Å². The first-order valence-corrected chi connectivity index (χ1v) is 3.36. The zero-order chi connectivity index (χ0) is 7.49. The van der Waals surface area contributed by atoms with Crippen LogP contribution in [0, 0.1) is 0 Å². The molecule has 0 fully saturated rings. The molecule has 0 amide bonds. The predicted molar refractivity (Wildman–Crippen MR) is 39.4 cm³/mol. The lowest BCUT2D eigenvalue weighted by atomic mass is 10.4. The first-order valence-electron chi connectivity index (χ1n) is 2.38. The van der Waals surface area contributed by atoms with Crippen molar-refractivity contribution in [2.45, 2.75) is 18.5 Å². The molecule has 0 aliphatic heterocycles. The van der Waals surface area contributed by atoms with Crippen LogP contribution in [0.5, 0.6) is 0 Å². The van der Waals surface area contributed by atoms with Crippen LogP contribution in [0.4, 0.5) is 13.2 Å². The van der Waals surface area contributed by atoms with Gasteiger partial charge in [0.05, 0.1) is 0 Å². The average Bonchev–Trinajstić information content (AvgIpc) is 1.59. The molecule has 0 aliphatic rings. The molecule has 0 rings (SSSR count). The molecule has 64 valence electrons. The third-order valence-corrected chi connectivity index (χ3v) is 1.53. The summed E-state index contributed by atoms with van der Waals surface area (Å²) >= 11 is -0.0833. The molecular formula is C4H9ClF3NS. The zero-order valence-corrected chi connectivity index (χ0v) is 6.95. The highest BCUT2D eigenvalue weighted by Gasteiger charge is 2.27. The van der Waals surface area contributed by atoms with Crippen molar-refractivity contribution in [1.29, 1.82) is 0 Å². The summed E-state index contributed by atoms with van der Waals surface area (Å²) in [5.41, 5.74) is 0.947. The molecule has 10 heavy (non-hydrogen) atoms. The quantitative estimate of drug-likeness (QED) is 0.730. The Balaban J connectivity index is 0. The molecule has 2 N–H and O–H groups in total. The molecule has 1 nitrogen and oxygen atoms in total. The van der Waals surface area contributed by atoms with Crippen molar-refractivity contribution in [2.24, 2.45) is 5.73 Å². The van der Waals surface area contributed by atoms with Gasteiger partial charge in [-0.15, -0.1) is 12.4 Å². The summed E-state index contributed by atoms with van der Waals surface area (Å²) < 4.78 is 34.0. The van der Waals surface area contributed by atoms with E-state index in [9.17, 15) is 13.2 Å². The van der Waals surface area contributed by atoms with Gasteiger partial charge in [0.2, 0.25) is 0 Å². The van der Waals surface area contributed by atoms with Crippen LogP contribution in [0.15, 0.2) is 0 Å². The van der Waals surface area contributed by atoms with E-state index in [4.69, 9.17) is 5.73 Å². The fourth-order valence-electron chi connectivity index (χ4n) is 0.226. The molecule has 0 heterocycles. The number of hydrogen-bond acceptors (Lipinski definition) is 2. The van der Waals surface area contributed by atoms with Gasteiger partial charge in [0.25, 0.3) is 0 Å². The highest BCUT2D eigenvalue weighted by atomic mass is 35.5. The molecule has 0 spiro atoms. The summed E-state index contributed by atoms with van der Waals surface area (Å²) in [4.78, 5) is 0. The van der Waals surface area contributed by atoms with Gasteiger partial charge in [-0.25, -0.2) is 0 Å². The number of rotatable bonds is 2. The minimum atomic E-state index is -4.13. The Bertz CT molecular complexity index is 85.1. The first kappa shape index (κ1) is 13.0. The van der Waals surface area contributed by atoms with E-state index >= 15 is 0 Å². The van der Waals surface area contributed by atoms with Gasteiger partial charge >= 0.3 is 5.51 Å². The van der Waals surface area contributed by atoms with E-state index in [-0.39, 0.29) is 29.9 Å². The Morgan fingerprint density at radius 2 is 1.90 bits per heavy atom. The second kappa shape index (κ2) is 5.09. The molecule has 0 bridgehead atoms. The molecule has 0 radical (unpaired) electrons. The highest BCUT2D eigenvalue weighted by molar-refractivity contribution is 8.00.